The van der Waals surface area contributed by atoms with E-state index in [9.17, 15) is 0 Å². The Balaban J connectivity index is 2.08. The van der Waals surface area contributed by atoms with Gasteiger partial charge in [0.25, 0.3) is 0 Å². The van der Waals surface area contributed by atoms with Crippen LogP contribution < -0.4 is 10.6 Å². The topological polar surface area (TPSA) is 38.5 Å². The first-order valence-electron chi connectivity index (χ1n) is 4.53. The molecule has 0 saturated carbocycles. The minimum absolute atomic E-state index is 0.144. The van der Waals surface area contributed by atoms with E-state index in [1.165, 1.54) is 5.69 Å². The monoisotopic (exact) mass is 178 g/mol. The molecule has 70 valence electrons. The lowest BCUT2D eigenvalue weighted by Crippen LogP contribution is -2.46. The number of anilines is 1. The van der Waals surface area contributed by atoms with E-state index in [0.29, 0.717) is 0 Å². The third kappa shape index (κ3) is 1.99. The van der Waals surface area contributed by atoms with Gasteiger partial charge in [-0.1, -0.05) is 18.2 Å². The van der Waals surface area contributed by atoms with E-state index in [2.05, 4.69) is 17.0 Å². The average Bonchev–Trinajstić information content (AvgIpc) is 2.19. The van der Waals surface area contributed by atoms with Crippen LogP contribution in [0.25, 0.3) is 0 Å². The molecule has 1 aromatic carbocycles. The molecule has 13 heavy (non-hydrogen) atoms. The van der Waals surface area contributed by atoms with Gasteiger partial charge in [0.05, 0.1) is 13.2 Å². The van der Waals surface area contributed by atoms with Gasteiger partial charge in [0.2, 0.25) is 0 Å². The molecule has 1 unspecified atom stereocenters. The van der Waals surface area contributed by atoms with Crippen LogP contribution in [0.1, 0.15) is 0 Å². The van der Waals surface area contributed by atoms with E-state index in [4.69, 9.17) is 10.5 Å². The van der Waals surface area contributed by atoms with Gasteiger partial charge in [-0.2, -0.15) is 0 Å². The molecule has 1 aromatic rings. The number of rotatable bonds is 1. The molecule has 1 aliphatic heterocycles. The molecule has 0 aliphatic carbocycles. The molecule has 3 heteroatoms. The quantitative estimate of drug-likeness (QED) is 0.691. The summed E-state index contributed by atoms with van der Waals surface area (Å²) in [6, 6.07) is 10.3. The van der Waals surface area contributed by atoms with Gasteiger partial charge in [-0.3, -0.25) is 0 Å². The van der Waals surface area contributed by atoms with Crippen molar-refractivity contribution in [1.29, 1.82) is 0 Å². The van der Waals surface area contributed by atoms with Crippen LogP contribution in [0.2, 0.25) is 0 Å². The van der Waals surface area contributed by atoms with Gasteiger partial charge < -0.3 is 15.4 Å². The van der Waals surface area contributed by atoms with Crippen molar-refractivity contribution in [2.45, 2.75) is 6.23 Å². The van der Waals surface area contributed by atoms with Gasteiger partial charge >= 0.3 is 0 Å². The molecule has 1 atom stereocenters. The third-order valence-corrected chi connectivity index (χ3v) is 2.21. The highest BCUT2D eigenvalue weighted by atomic mass is 16.5. The standard InChI is InChI=1S/C10H14N2O/c11-10-8-12(6-7-13-10)9-4-2-1-3-5-9/h1-5,10H,6-8,11H2. The van der Waals surface area contributed by atoms with Crippen LogP contribution in [-0.2, 0) is 4.74 Å². The van der Waals surface area contributed by atoms with E-state index in [1.807, 2.05) is 18.2 Å². The normalized spacial score (nSPS) is 23.2. The van der Waals surface area contributed by atoms with Crippen LogP contribution in [0.5, 0.6) is 0 Å². The molecule has 0 spiro atoms. The van der Waals surface area contributed by atoms with Crippen molar-refractivity contribution in [1.82, 2.24) is 0 Å². The molecule has 1 fully saturated rings. The van der Waals surface area contributed by atoms with E-state index in [1.54, 1.807) is 0 Å². The largest absolute Gasteiger partial charge is 0.365 e. The van der Waals surface area contributed by atoms with E-state index in [-0.39, 0.29) is 6.23 Å². The van der Waals surface area contributed by atoms with Crippen molar-refractivity contribution in [3.05, 3.63) is 30.3 Å². The van der Waals surface area contributed by atoms with Crippen molar-refractivity contribution in [3.8, 4) is 0 Å². The maximum Gasteiger partial charge on any atom is 0.123 e. The number of hydrogen-bond acceptors (Lipinski definition) is 3. The van der Waals surface area contributed by atoms with Gasteiger partial charge in [0.1, 0.15) is 6.23 Å². The summed E-state index contributed by atoms with van der Waals surface area (Å²) in [5, 5.41) is 0. The Labute approximate surface area is 78.1 Å². The Morgan fingerprint density at radius 2 is 2.08 bits per heavy atom. The second-order valence-electron chi connectivity index (χ2n) is 3.19. The highest BCUT2D eigenvalue weighted by Gasteiger charge is 2.16. The molecule has 0 bridgehead atoms. The Kier molecular flexibility index (Phi) is 2.47. The molecule has 3 nitrogen and oxygen atoms in total. The van der Waals surface area contributed by atoms with E-state index < -0.39 is 0 Å². The summed E-state index contributed by atoms with van der Waals surface area (Å²) in [6.07, 6.45) is -0.144. The van der Waals surface area contributed by atoms with Crippen molar-refractivity contribution < 1.29 is 4.74 Å². The van der Waals surface area contributed by atoms with Gasteiger partial charge in [-0.05, 0) is 12.1 Å². The minimum atomic E-state index is -0.144. The predicted molar refractivity (Wildman–Crippen MR) is 52.6 cm³/mol. The van der Waals surface area contributed by atoms with Gasteiger partial charge in [-0.25, -0.2) is 0 Å². The average molecular weight is 178 g/mol. The first-order chi connectivity index (χ1) is 6.36. The number of nitrogens with two attached hydrogens (primary N) is 1. The molecule has 0 radical (unpaired) electrons. The summed E-state index contributed by atoms with van der Waals surface area (Å²) >= 11 is 0. The molecule has 1 saturated heterocycles. The summed E-state index contributed by atoms with van der Waals surface area (Å²) in [6.45, 7) is 2.43. The zero-order valence-corrected chi connectivity index (χ0v) is 7.52. The molecule has 1 aliphatic rings. The molecular weight excluding hydrogens is 164 g/mol. The third-order valence-electron chi connectivity index (χ3n) is 2.21. The number of morpholine rings is 1. The zero-order valence-electron chi connectivity index (χ0n) is 7.52. The molecule has 0 aromatic heterocycles. The van der Waals surface area contributed by atoms with E-state index >= 15 is 0 Å². The smallest absolute Gasteiger partial charge is 0.123 e. The highest BCUT2D eigenvalue weighted by molar-refractivity contribution is 5.46. The maximum absolute atomic E-state index is 5.70. The molecule has 2 rings (SSSR count). The summed E-state index contributed by atoms with van der Waals surface area (Å²) in [5.41, 5.74) is 6.92. The van der Waals surface area contributed by atoms with Crippen LogP contribution in [0.15, 0.2) is 30.3 Å². The van der Waals surface area contributed by atoms with Crippen LogP contribution in [0, 0.1) is 0 Å². The number of ether oxygens (including phenoxy) is 1. The Bertz CT molecular complexity index is 263. The van der Waals surface area contributed by atoms with Crippen LogP contribution in [0.3, 0.4) is 0 Å². The molecule has 1 heterocycles. The maximum atomic E-state index is 5.70. The second-order valence-corrected chi connectivity index (χ2v) is 3.19. The van der Waals surface area contributed by atoms with E-state index in [0.717, 1.165) is 19.7 Å². The highest BCUT2D eigenvalue weighted by Crippen LogP contribution is 2.15. The van der Waals surface area contributed by atoms with Crippen molar-refractivity contribution in [3.63, 3.8) is 0 Å². The fraction of sp³-hybridized carbons (Fsp3) is 0.400. The van der Waals surface area contributed by atoms with Gasteiger partial charge in [-0.15, -0.1) is 0 Å². The predicted octanol–water partition coefficient (Wildman–Crippen LogP) is 0.808. The number of para-hydroxylation sites is 1. The van der Waals surface area contributed by atoms with Crippen LogP contribution >= 0.6 is 0 Å². The van der Waals surface area contributed by atoms with Crippen molar-refractivity contribution >= 4 is 5.69 Å². The lowest BCUT2D eigenvalue weighted by molar-refractivity contribution is 0.0451. The summed E-state index contributed by atoms with van der Waals surface area (Å²) in [5.74, 6) is 0. The lowest BCUT2D eigenvalue weighted by atomic mass is 10.2. The summed E-state index contributed by atoms with van der Waals surface area (Å²) in [7, 11) is 0. The fourth-order valence-electron chi connectivity index (χ4n) is 1.55. The Morgan fingerprint density at radius 3 is 2.77 bits per heavy atom. The lowest BCUT2D eigenvalue weighted by Gasteiger charge is -2.32. The van der Waals surface area contributed by atoms with Crippen molar-refractivity contribution in [2.24, 2.45) is 5.73 Å². The molecular formula is C10H14N2O. The van der Waals surface area contributed by atoms with Crippen molar-refractivity contribution in [2.75, 3.05) is 24.6 Å². The fourth-order valence-corrected chi connectivity index (χ4v) is 1.55. The molecule has 0 amide bonds. The van der Waals surface area contributed by atoms with Gasteiger partial charge in [0, 0.05) is 12.2 Å². The SMILES string of the molecule is NC1CN(c2ccccc2)CCO1. The minimum Gasteiger partial charge on any atom is -0.365 e. The number of hydrogen-bond donors (Lipinski definition) is 1. The van der Waals surface area contributed by atoms with Crippen LogP contribution in [-0.4, -0.2) is 25.9 Å². The first kappa shape index (κ1) is 8.53. The Morgan fingerprint density at radius 1 is 1.31 bits per heavy atom. The zero-order chi connectivity index (χ0) is 9.10. The number of nitrogens with zero attached hydrogens (tertiary/aromatic N) is 1. The molecule has 2 N–H and O–H groups in total. The summed E-state index contributed by atoms with van der Waals surface area (Å²) in [4.78, 5) is 2.24. The number of benzene rings is 1. The summed E-state index contributed by atoms with van der Waals surface area (Å²) < 4.78 is 5.27. The Hall–Kier alpha value is -1.06. The van der Waals surface area contributed by atoms with Crippen LogP contribution in [0.4, 0.5) is 5.69 Å². The first-order valence-corrected chi connectivity index (χ1v) is 4.53. The second kappa shape index (κ2) is 3.77. The van der Waals surface area contributed by atoms with Gasteiger partial charge in [0.15, 0.2) is 0 Å².